The minimum Gasteiger partial charge on any atom is -0.294 e. The molecular formula is C44H30N6. The summed E-state index contributed by atoms with van der Waals surface area (Å²) in [5, 5.41) is 9.03. The number of aromatic nitrogens is 4. The fraction of sp³-hybridized carbons (Fsp3) is 0. The second kappa shape index (κ2) is 12.3. The second-order valence-corrected chi connectivity index (χ2v) is 12.1. The van der Waals surface area contributed by atoms with Crippen molar-refractivity contribution in [1.29, 1.82) is 0 Å². The molecule has 0 fully saturated rings. The van der Waals surface area contributed by atoms with Gasteiger partial charge in [-0.2, -0.15) is 5.10 Å². The van der Waals surface area contributed by atoms with Gasteiger partial charge in [0.1, 0.15) is 5.65 Å². The monoisotopic (exact) mass is 642 g/mol. The average molecular weight is 643 g/mol. The normalized spacial score (nSPS) is 13.9. The van der Waals surface area contributed by atoms with E-state index in [1.165, 1.54) is 5.39 Å². The number of hydrogen-bond acceptors (Lipinski definition) is 5. The third-order valence-electron chi connectivity index (χ3n) is 9.02. The van der Waals surface area contributed by atoms with E-state index in [0.29, 0.717) is 0 Å². The molecule has 1 aliphatic rings. The first-order chi connectivity index (χ1) is 24.7. The molecule has 0 bridgehead atoms. The number of rotatable bonds is 5. The van der Waals surface area contributed by atoms with Gasteiger partial charge in [-0.25, -0.2) is 20.0 Å². The largest absolute Gasteiger partial charge is 0.294 e. The number of para-hydroxylation sites is 2. The first-order valence-electron chi connectivity index (χ1n) is 16.5. The molecule has 6 nitrogen and oxygen atoms in total. The van der Waals surface area contributed by atoms with Gasteiger partial charge in [-0.3, -0.25) is 4.57 Å². The van der Waals surface area contributed by atoms with Crippen molar-refractivity contribution in [1.82, 2.24) is 19.5 Å². The van der Waals surface area contributed by atoms with E-state index in [2.05, 4.69) is 96.1 Å². The minimum absolute atomic E-state index is 0.800. The van der Waals surface area contributed by atoms with Crippen LogP contribution < -0.4 is 5.01 Å². The zero-order valence-electron chi connectivity index (χ0n) is 27.1. The van der Waals surface area contributed by atoms with Crippen LogP contribution in [0.4, 0.5) is 11.4 Å². The van der Waals surface area contributed by atoms with Crippen LogP contribution in [0.25, 0.3) is 67.1 Å². The Kier molecular flexibility index (Phi) is 7.17. The molecule has 0 saturated carbocycles. The number of hydrazone groups is 1. The molecule has 8 aromatic rings. The first kappa shape index (κ1) is 29.2. The third-order valence-corrected chi connectivity index (χ3v) is 9.02. The summed E-state index contributed by atoms with van der Waals surface area (Å²) in [7, 11) is 0. The zero-order chi connectivity index (χ0) is 33.4. The molecule has 0 spiro atoms. The highest BCUT2D eigenvalue weighted by Gasteiger charge is 2.17. The maximum atomic E-state index is 5.11. The first-order valence-corrected chi connectivity index (χ1v) is 16.5. The van der Waals surface area contributed by atoms with Crippen LogP contribution in [0.2, 0.25) is 0 Å². The van der Waals surface area contributed by atoms with Crippen LogP contribution in [-0.4, -0.2) is 25.7 Å². The van der Waals surface area contributed by atoms with E-state index in [-0.39, 0.29) is 0 Å². The zero-order valence-corrected chi connectivity index (χ0v) is 27.1. The fourth-order valence-corrected chi connectivity index (χ4v) is 6.69. The maximum absolute atomic E-state index is 5.11. The van der Waals surface area contributed by atoms with Crippen molar-refractivity contribution in [3.8, 4) is 39.6 Å². The predicted octanol–water partition coefficient (Wildman–Crippen LogP) is 10.7. The Hall–Kier alpha value is -6.92. The second-order valence-electron chi connectivity index (χ2n) is 12.1. The molecule has 9 rings (SSSR count). The lowest BCUT2D eigenvalue weighted by Crippen LogP contribution is -2.12. The van der Waals surface area contributed by atoms with Crippen LogP contribution in [0, 0.1) is 0 Å². The highest BCUT2D eigenvalue weighted by atomic mass is 15.5. The van der Waals surface area contributed by atoms with Gasteiger partial charge in [0, 0.05) is 45.6 Å². The van der Waals surface area contributed by atoms with E-state index in [4.69, 9.17) is 20.1 Å². The van der Waals surface area contributed by atoms with Crippen LogP contribution in [-0.2, 0) is 0 Å². The number of pyridine rings is 3. The molecule has 1 aliphatic heterocycles. The summed E-state index contributed by atoms with van der Waals surface area (Å²) < 4.78 is 2.22. The van der Waals surface area contributed by atoms with E-state index in [9.17, 15) is 0 Å². The van der Waals surface area contributed by atoms with Gasteiger partial charge < -0.3 is 0 Å². The van der Waals surface area contributed by atoms with Gasteiger partial charge in [0.15, 0.2) is 0 Å². The van der Waals surface area contributed by atoms with Gasteiger partial charge in [0.2, 0.25) is 0 Å². The van der Waals surface area contributed by atoms with E-state index < -0.39 is 0 Å². The van der Waals surface area contributed by atoms with Gasteiger partial charge in [0.05, 0.1) is 39.7 Å². The summed E-state index contributed by atoms with van der Waals surface area (Å²) in [5.41, 5.74) is 12.3. The van der Waals surface area contributed by atoms with Crippen molar-refractivity contribution in [2.24, 2.45) is 5.10 Å². The number of nitrogens with zero attached hydrogens (tertiary/aromatic N) is 6. The molecule has 4 aromatic heterocycles. The Morgan fingerprint density at radius 3 is 1.98 bits per heavy atom. The lowest BCUT2D eigenvalue weighted by atomic mass is 10.0. The number of fused-ring (bicyclic) bond motifs is 4. The van der Waals surface area contributed by atoms with Crippen LogP contribution in [0.5, 0.6) is 0 Å². The topological polar surface area (TPSA) is 59.2 Å². The van der Waals surface area contributed by atoms with Crippen LogP contribution >= 0.6 is 0 Å². The number of benzene rings is 4. The summed E-state index contributed by atoms with van der Waals surface area (Å²) in [5.74, 6) is 0. The van der Waals surface area contributed by atoms with Gasteiger partial charge in [-0.1, -0.05) is 85.5 Å². The van der Waals surface area contributed by atoms with Crippen LogP contribution in [0.1, 0.15) is 5.56 Å². The number of allylic oxidation sites excluding steroid dienone is 3. The smallest absolute Gasteiger partial charge is 0.145 e. The van der Waals surface area contributed by atoms with E-state index in [0.717, 1.165) is 78.7 Å². The minimum atomic E-state index is 0.800. The standard InChI is InChI=1S/C44H30N6/c1-30-12-10-27-46-50(43-25-5-2-17-35(30)43)34-16-7-14-32(29-34)39-21-9-23-41(48-39)40-22-8-20-38(47-40)31-13-6-15-33(28-31)49-42-24-4-3-18-36(42)37-19-11-26-45-44(37)49/h2-29H,1H2/b12-10-,46-27-. The summed E-state index contributed by atoms with van der Waals surface area (Å²) in [6.45, 7) is 4.26. The van der Waals surface area contributed by atoms with E-state index in [1.54, 1.807) is 6.21 Å². The molecule has 4 aromatic carbocycles. The van der Waals surface area contributed by atoms with Crippen molar-refractivity contribution in [3.05, 3.63) is 176 Å². The van der Waals surface area contributed by atoms with Crippen LogP contribution in [0.15, 0.2) is 176 Å². The van der Waals surface area contributed by atoms with E-state index >= 15 is 0 Å². The van der Waals surface area contributed by atoms with Crippen molar-refractivity contribution < 1.29 is 0 Å². The van der Waals surface area contributed by atoms with Crippen LogP contribution in [0.3, 0.4) is 0 Å². The maximum Gasteiger partial charge on any atom is 0.145 e. The van der Waals surface area contributed by atoms with Gasteiger partial charge in [-0.05, 0) is 84.4 Å². The molecule has 0 radical (unpaired) electrons. The SMILES string of the molecule is C=C1/C=C\C=N/N(c2cccc(-c3cccc(-c4cccc(-c5cccc(-n6c7ccccc7c7cccnc76)c5)n4)n3)c2)c2ccccc21. The third kappa shape index (κ3) is 5.16. The Morgan fingerprint density at radius 1 is 0.540 bits per heavy atom. The molecule has 50 heavy (non-hydrogen) atoms. The Balaban J connectivity index is 1.06. The fourth-order valence-electron chi connectivity index (χ4n) is 6.69. The van der Waals surface area contributed by atoms with Crippen molar-refractivity contribution in [2.45, 2.75) is 0 Å². The van der Waals surface area contributed by atoms with Crippen molar-refractivity contribution >= 4 is 45.1 Å². The molecule has 236 valence electrons. The summed E-state index contributed by atoms with van der Waals surface area (Å²) in [6.07, 6.45) is 7.54. The average Bonchev–Trinajstić information content (AvgIpc) is 3.52. The molecular weight excluding hydrogens is 613 g/mol. The summed E-state index contributed by atoms with van der Waals surface area (Å²) in [4.78, 5) is 15.0. The summed E-state index contributed by atoms with van der Waals surface area (Å²) in [6, 6.07) is 49.7. The Bertz CT molecular complexity index is 2590. The molecule has 0 N–H and O–H groups in total. The Morgan fingerprint density at radius 2 is 1.18 bits per heavy atom. The molecule has 6 heteroatoms. The van der Waals surface area contributed by atoms with Crippen molar-refractivity contribution in [3.63, 3.8) is 0 Å². The highest BCUT2D eigenvalue weighted by molar-refractivity contribution is 6.07. The molecule has 0 unspecified atom stereocenters. The number of anilines is 2. The quantitative estimate of drug-likeness (QED) is 0.187. The number of hydrogen-bond donors (Lipinski definition) is 0. The lowest BCUT2D eigenvalue weighted by molar-refractivity contribution is 1.09. The molecule has 0 aliphatic carbocycles. The highest BCUT2D eigenvalue weighted by Crippen LogP contribution is 2.36. The molecule has 0 atom stereocenters. The van der Waals surface area contributed by atoms with Gasteiger partial charge >= 0.3 is 0 Å². The molecule has 0 amide bonds. The van der Waals surface area contributed by atoms with E-state index in [1.807, 2.05) is 84.0 Å². The molecule has 5 heterocycles. The lowest BCUT2D eigenvalue weighted by Gasteiger charge is -2.24. The summed E-state index contributed by atoms with van der Waals surface area (Å²) >= 11 is 0. The predicted molar refractivity (Wildman–Crippen MR) is 206 cm³/mol. The molecule has 0 saturated heterocycles. The Labute approximate surface area is 289 Å². The van der Waals surface area contributed by atoms with Crippen molar-refractivity contribution in [2.75, 3.05) is 5.01 Å². The van der Waals surface area contributed by atoms with Gasteiger partial charge in [0.25, 0.3) is 0 Å². The van der Waals surface area contributed by atoms with Gasteiger partial charge in [-0.15, -0.1) is 0 Å².